The van der Waals surface area contributed by atoms with Crippen LogP contribution in [-0.2, 0) is 0 Å². The first kappa shape index (κ1) is 14.7. The SMILES string of the molecule is CCN(CC)c1cc(C)nc(NCCN(C)C)n1. The Bertz CT molecular complexity index is 360. The lowest BCUT2D eigenvalue weighted by Crippen LogP contribution is -2.25. The van der Waals surface area contributed by atoms with Crippen molar-refractivity contribution in [2.24, 2.45) is 0 Å². The molecule has 0 amide bonds. The highest BCUT2D eigenvalue weighted by molar-refractivity contribution is 5.44. The summed E-state index contributed by atoms with van der Waals surface area (Å²) in [6.07, 6.45) is 0. The van der Waals surface area contributed by atoms with Gasteiger partial charge < -0.3 is 15.1 Å². The summed E-state index contributed by atoms with van der Waals surface area (Å²) >= 11 is 0. The maximum atomic E-state index is 4.56. The molecular formula is C13H25N5. The Morgan fingerprint density at radius 2 is 1.83 bits per heavy atom. The molecule has 0 saturated carbocycles. The van der Waals surface area contributed by atoms with Crippen LogP contribution in [0, 0.1) is 6.92 Å². The van der Waals surface area contributed by atoms with E-state index in [1.807, 2.05) is 13.0 Å². The normalized spacial score (nSPS) is 10.8. The van der Waals surface area contributed by atoms with Gasteiger partial charge in [-0.2, -0.15) is 4.98 Å². The van der Waals surface area contributed by atoms with Gasteiger partial charge in [0.2, 0.25) is 5.95 Å². The van der Waals surface area contributed by atoms with Crippen LogP contribution in [0.5, 0.6) is 0 Å². The molecule has 0 aliphatic heterocycles. The summed E-state index contributed by atoms with van der Waals surface area (Å²) in [4.78, 5) is 13.3. The predicted molar refractivity (Wildman–Crippen MR) is 77.4 cm³/mol. The molecule has 0 unspecified atom stereocenters. The van der Waals surface area contributed by atoms with Gasteiger partial charge in [0.1, 0.15) is 5.82 Å². The zero-order chi connectivity index (χ0) is 13.5. The standard InChI is InChI=1S/C13H25N5/c1-6-18(7-2)12-10-11(3)15-13(16-12)14-8-9-17(4)5/h10H,6-9H2,1-5H3,(H,14,15,16). The van der Waals surface area contributed by atoms with Gasteiger partial charge in [0.15, 0.2) is 0 Å². The summed E-state index contributed by atoms with van der Waals surface area (Å²) < 4.78 is 0. The van der Waals surface area contributed by atoms with Crippen LogP contribution < -0.4 is 10.2 Å². The molecule has 0 fully saturated rings. The quantitative estimate of drug-likeness (QED) is 0.797. The van der Waals surface area contributed by atoms with Crippen LogP contribution in [0.25, 0.3) is 0 Å². The molecule has 1 rings (SSSR count). The number of likely N-dealkylation sites (N-methyl/N-ethyl adjacent to an activating group) is 1. The van der Waals surface area contributed by atoms with Crippen LogP contribution in [-0.4, -0.2) is 55.1 Å². The summed E-state index contributed by atoms with van der Waals surface area (Å²) in [5.74, 6) is 1.72. The Morgan fingerprint density at radius 3 is 2.39 bits per heavy atom. The first-order chi connectivity index (χ1) is 8.56. The fourth-order valence-electron chi connectivity index (χ4n) is 1.73. The average molecular weight is 251 g/mol. The molecule has 0 spiro atoms. The highest BCUT2D eigenvalue weighted by Crippen LogP contribution is 2.14. The zero-order valence-corrected chi connectivity index (χ0v) is 12.2. The second-order valence-corrected chi connectivity index (χ2v) is 4.59. The molecule has 0 atom stereocenters. The van der Waals surface area contributed by atoms with Crippen molar-refractivity contribution in [2.45, 2.75) is 20.8 Å². The highest BCUT2D eigenvalue weighted by Gasteiger charge is 2.07. The Hall–Kier alpha value is -1.36. The molecule has 0 aliphatic carbocycles. The van der Waals surface area contributed by atoms with E-state index < -0.39 is 0 Å². The maximum absolute atomic E-state index is 4.56. The number of rotatable bonds is 7. The van der Waals surface area contributed by atoms with Crippen molar-refractivity contribution in [1.82, 2.24) is 14.9 Å². The zero-order valence-electron chi connectivity index (χ0n) is 12.2. The minimum absolute atomic E-state index is 0.721. The third-order valence-electron chi connectivity index (χ3n) is 2.77. The van der Waals surface area contributed by atoms with Gasteiger partial charge >= 0.3 is 0 Å². The van der Waals surface area contributed by atoms with Crippen LogP contribution in [0.15, 0.2) is 6.07 Å². The predicted octanol–water partition coefficient (Wildman–Crippen LogP) is 1.60. The minimum atomic E-state index is 0.721. The lowest BCUT2D eigenvalue weighted by atomic mass is 10.4. The van der Waals surface area contributed by atoms with Crippen molar-refractivity contribution in [3.05, 3.63) is 11.8 Å². The first-order valence-corrected chi connectivity index (χ1v) is 6.56. The van der Waals surface area contributed by atoms with Gasteiger partial charge in [-0.05, 0) is 34.9 Å². The van der Waals surface area contributed by atoms with Gasteiger partial charge in [-0.25, -0.2) is 4.98 Å². The maximum Gasteiger partial charge on any atom is 0.224 e. The van der Waals surface area contributed by atoms with Crippen molar-refractivity contribution < 1.29 is 0 Å². The van der Waals surface area contributed by atoms with Crippen LogP contribution in [0.1, 0.15) is 19.5 Å². The molecule has 0 bridgehead atoms. The van der Waals surface area contributed by atoms with Gasteiger partial charge in [0, 0.05) is 37.9 Å². The minimum Gasteiger partial charge on any atom is -0.357 e. The average Bonchev–Trinajstić information content (AvgIpc) is 2.29. The van der Waals surface area contributed by atoms with E-state index in [2.05, 4.69) is 53.0 Å². The lowest BCUT2D eigenvalue weighted by molar-refractivity contribution is 0.425. The monoisotopic (exact) mass is 251 g/mol. The smallest absolute Gasteiger partial charge is 0.224 e. The third kappa shape index (κ3) is 4.49. The number of anilines is 2. The van der Waals surface area contributed by atoms with Crippen molar-refractivity contribution in [1.29, 1.82) is 0 Å². The first-order valence-electron chi connectivity index (χ1n) is 6.56. The van der Waals surface area contributed by atoms with Gasteiger partial charge in [-0.1, -0.05) is 0 Å². The summed E-state index contributed by atoms with van der Waals surface area (Å²) in [7, 11) is 4.11. The molecule has 0 aromatic carbocycles. The van der Waals surface area contributed by atoms with E-state index in [1.165, 1.54) is 0 Å². The van der Waals surface area contributed by atoms with E-state index >= 15 is 0 Å². The van der Waals surface area contributed by atoms with Crippen molar-refractivity contribution in [3.63, 3.8) is 0 Å². The van der Waals surface area contributed by atoms with Gasteiger partial charge in [-0.15, -0.1) is 0 Å². The molecule has 5 nitrogen and oxygen atoms in total. The lowest BCUT2D eigenvalue weighted by Gasteiger charge is -2.20. The van der Waals surface area contributed by atoms with Gasteiger partial charge in [0.25, 0.3) is 0 Å². The van der Waals surface area contributed by atoms with Crippen LogP contribution in [0.3, 0.4) is 0 Å². The molecular weight excluding hydrogens is 226 g/mol. The number of hydrogen-bond donors (Lipinski definition) is 1. The molecule has 1 N–H and O–H groups in total. The summed E-state index contributed by atoms with van der Waals surface area (Å²) in [5.41, 5.74) is 0.999. The Balaban J connectivity index is 2.74. The summed E-state index contributed by atoms with van der Waals surface area (Å²) in [6, 6.07) is 2.03. The number of aryl methyl sites for hydroxylation is 1. The second kappa shape index (κ2) is 7.16. The Kier molecular flexibility index (Phi) is 5.85. The van der Waals surface area contributed by atoms with Crippen molar-refractivity contribution >= 4 is 11.8 Å². The third-order valence-corrected chi connectivity index (χ3v) is 2.77. The fraction of sp³-hybridized carbons (Fsp3) is 0.692. The number of hydrogen-bond acceptors (Lipinski definition) is 5. The van der Waals surface area contributed by atoms with E-state index in [9.17, 15) is 0 Å². The van der Waals surface area contributed by atoms with E-state index in [0.717, 1.165) is 43.6 Å². The number of aromatic nitrogens is 2. The molecule has 18 heavy (non-hydrogen) atoms. The number of nitrogens with zero attached hydrogens (tertiary/aromatic N) is 4. The van der Waals surface area contributed by atoms with E-state index in [-0.39, 0.29) is 0 Å². The second-order valence-electron chi connectivity index (χ2n) is 4.59. The van der Waals surface area contributed by atoms with Crippen LogP contribution >= 0.6 is 0 Å². The molecule has 0 radical (unpaired) electrons. The van der Waals surface area contributed by atoms with Gasteiger partial charge in [-0.3, -0.25) is 0 Å². The molecule has 102 valence electrons. The van der Waals surface area contributed by atoms with E-state index in [4.69, 9.17) is 0 Å². The Labute approximate surface area is 110 Å². The van der Waals surface area contributed by atoms with Gasteiger partial charge in [0.05, 0.1) is 0 Å². The van der Waals surface area contributed by atoms with E-state index in [1.54, 1.807) is 0 Å². The number of nitrogens with one attached hydrogen (secondary N) is 1. The summed E-state index contributed by atoms with van der Waals surface area (Å²) in [5, 5.41) is 3.27. The van der Waals surface area contributed by atoms with Crippen molar-refractivity contribution in [2.75, 3.05) is 50.5 Å². The molecule has 0 aliphatic rings. The van der Waals surface area contributed by atoms with Crippen LogP contribution in [0.2, 0.25) is 0 Å². The summed E-state index contributed by atoms with van der Waals surface area (Å²) in [6.45, 7) is 10.0. The Morgan fingerprint density at radius 1 is 1.17 bits per heavy atom. The van der Waals surface area contributed by atoms with Crippen molar-refractivity contribution in [3.8, 4) is 0 Å². The topological polar surface area (TPSA) is 44.3 Å². The van der Waals surface area contributed by atoms with Crippen LogP contribution in [0.4, 0.5) is 11.8 Å². The van der Waals surface area contributed by atoms with E-state index in [0.29, 0.717) is 0 Å². The molecule has 0 saturated heterocycles. The molecule has 1 heterocycles. The fourth-order valence-corrected chi connectivity index (χ4v) is 1.73. The largest absolute Gasteiger partial charge is 0.357 e. The molecule has 1 aromatic rings. The molecule has 5 heteroatoms. The highest BCUT2D eigenvalue weighted by atomic mass is 15.2. The molecule has 1 aromatic heterocycles.